The third-order valence-electron chi connectivity index (χ3n) is 2.29. The van der Waals surface area contributed by atoms with Gasteiger partial charge in [-0.05, 0) is 18.4 Å². The molecule has 88 valence electrons. The van der Waals surface area contributed by atoms with Crippen molar-refractivity contribution < 1.29 is 4.92 Å². The summed E-state index contributed by atoms with van der Waals surface area (Å²) in [6.45, 7) is 4.15. The Bertz CT molecular complexity index is 366. The second-order valence-corrected chi connectivity index (χ2v) is 4.32. The van der Waals surface area contributed by atoms with Gasteiger partial charge in [-0.15, -0.1) is 0 Å². The predicted octanol–water partition coefficient (Wildman–Crippen LogP) is 1.91. The lowest BCUT2D eigenvalue weighted by atomic mass is 10.00. The molecule has 2 N–H and O–H groups in total. The second-order valence-electron chi connectivity index (χ2n) is 4.32. The first-order valence-electron chi connectivity index (χ1n) is 5.34. The Morgan fingerprint density at radius 1 is 1.56 bits per heavy atom. The molecule has 0 spiro atoms. The van der Waals surface area contributed by atoms with Gasteiger partial charge in [-0.3, -0.25) is 15.1 Å². The number of hydrogen-bond acceptors (Lipinski definition) is 4. The number of pyridine rings is 1. The van der Waals surface area contributed by atoms with Gasteiger partial charge in [0, 0.05) is 24.7 Å². The van der Waals surface area contributed by atoms with E-state index in [9.17, 15) is 10.1 Å². The quantitative estimate of drug-likeness (QED) is 0.610. The van der Waals surface area contributed by atoms with Crippen molar-refractivity contribution >= 4 is 5.69 Å². The van der Waals surface area contributed by atoms with Crippen molar-refractivity contribution in [2.45, 2.75) is 32.7 Å². The fourth-order valence-electron chi connectivity index (χ4n) is 1.69. The van der Waals surface area contributed by atoms with Gasteiger partial charge in [0.2, 0.25) is 0 Å². The van der Waals surface area contributed by atoms with E-state index in [-0.39, 0.29) is 11.7 Å². The summed E-state index contributed by atoms with van der Waals surface area (Å²) in [5, 5.41) is 10.8. The van der Waals surface area contributed by atoms with Crippen LogP contribution >= 0.6 is 0 Å². The van der Waals surface area contributed by atoms with Crippen LogP contribution in [0.4, 0.5) is 5.69 Å². The minimum absolute atomic E-state index is 0.0571. The maximum absolute atomic E-state index is 10.8. The molecule has 0 aliphatic heterocycles. The molecule has 5 nitrogen and oxygen atoms in total. The topological polar surface area (TPSA) is 82.0 Å². The first-order chi connectivity index (χ1) is 7.50. The van der Waals surface area contributed by atoms with Crippen LogP contribution in [0.2, 0.25) is 0 Å². The fourth-order valence-corrected chi connectivity index (χ4v) is 1.69. The van der Waals surface area contributed by atoms with Crippen LogP contribution in [0.1, 0.15) is 26.0 Å². The normalized spacial score (nSPS) is 12.8. The highest BCUT2D eigenvalue weighted by atomic mass is 16.6. The van der Waals surface area contributed by atoms with Crippen LogP contribution in [-0.2, 0) is 6.42 Å². The van der Waals surface area contributed by atoms with E-state index in [0.29, 0.717) is 18.0 Å². The average molecular weight is 223 g/mol. The molecule has 1 unspecified atom stereocenters. The first kappa shape index (κ1) is 12.6. The van der Waals surface area contributed by atoms with Gasteiger partial charge in [0.05, 0.1) is 4.92 Å². The van der Waals surface area contributed by atoms with E-state index >= 15 is 0 Å². The van der Waals surface area contributed by atoms with Crippen molar-refractivity contribution in [1.29, 1.82) is 0 Å². The lowest BCUT2D eigenvalue weighted by Gasteiger charge is -2.13. The molecule has 1 atom stereocenters. The third kappa shape index (κ3) is 3.58. The summed E-state index contributed by atoms with van der Waals surface area (Å²) in [7, 11) is 0. The summed E-state index contributed by atoms with van der Waals surface area (Å²) >= 11 is 0. The summed E-state index contributed by atoms with van der Waals surface area (Å²) < 4.78 is 0. The van der Waals surface area contributed by atoms with E-state index in [0.717, 1.165) is 6.42 Å². The van der Waals surface area contributed by atoms with E-state index < -0.39 is 4.92 Å². The largest absolute Gasteiger partial charge is 0.327 e. The number of aromatic nitrogens is 1. The number of hydrogen-bond donors (Lipinski definition) is 1. The molecule has 0 aliphatic rings. The van der Waals surface area contributed by atoms with Gasteiger partial charge >= 0.3 is 0 Å². The lowest BCUT2D eigenvalue weighted by Crippen LogP contribution is -2.25. The van der Waals surface area contributed by atoms with E-state index in [4.69, 9.17) is 5.73 Å². The zero-order chi connectivity index (χ0) is 12.1. The zero-order valence-electron chi connectivity index (χ0n) is 9.59. The van der Waals surface area contributed by atoms with Gasteiger partial charge in [0.25, 0.3) is 5.69 Å². The molecule has 0 fully saturated rings. The lowest BCUT2D eigenvalue weighted by molar-refractivity contribution is -0.386. The van der Waals surface area contributed by atoms with Gasteiger partial charge in [-0.25, -0.2) is 0 Å². The summed E-state index contributed by atoms with van der Waals surface area (Å²) in [5.74, 6) is 0.484. The molecule has 0 aliphatic carbocycles. The smallest absolute Gasteiger partial charge is 0.290 e. The Morgan fingerprint density at radius 3 is 2.81 bits per heavy atom. The molecule has 0 saturated carbocycles. The second kappa shape index (κ2) is 5.55. The molecule has 0 bridgehead atoms. The molecule has 5 heteroatoms. The van der Waals surface area contributed by atoms with E-state index in [1.807, 2.05) is 0 Å². The molecule has 16 heavy (non-hydrogen) atoms. The number of nitro groups is 1. The minimum Gasteiger partial charge on any atom is -0.327 e. The monoisotopic (exact) mass is 223 g/mol. The Labute approximate surface area is 94.8 Å². The van der Waals surface area contributed by atoms with Crippen LogP contribution < -0.4 is 5.73 Å². The van der Waals surface area contributed by atoms with Crippen molar-refractivity contribution in [3.05, 3.63) is 34.1 Å². The first-order valence-corrected chi connectivity index (χ1v) is 5.34. The number of nitrogens with zero attached hydrogens (tertiary/aromatic N) is 2. The van der Waals surface area contributed by atoms with Crippen molar-refractivity contribution in [1.82, 2.24) is 4.98 Å². The van der Waals surface area contributed by atoms with E-state index in [2.05, 4.69) is 18.8 Å². The molecular formula is C11H17N3O2. The molecule has 1 heterocycles. The molecule has 0 aromatic carbocycles. The Hall–Kier alpha value is -1.49. The summed E-state index contributed by atoms with van der Waals surface area (Å²) in [5.41, 5.74) is 6.44. The summed E-state index contributed by atoms with van der Waals surface area (Å²) in [4.78, 5) is 14.4. The standard InChI is InChI=1S/C11H17N3O2/c1-8(2)6-9(12)7-10-11(14(15)16)4-3-5-13-10/h3-5,8-9H,6-7,12H2,1-2H3. The highest BCUT2D eigenvalue weighted by Gasteiger charge is 2.17. The summed E-state index contributed by atoms with van der Waals surface area (Å²) in [6.07, 6.45) is 2.85. The fraction of sp³-hybridized carbons (Fsp3) is 0.545. The maximum atomic E-state index is 10.8. The van der Waals surface area contributed by atoms with Crippen molar-refractivity contribution in [2.75, 3.05) is 0 Å². The SMILES string of the molecule is CC(C)CC(N)Cc1ncccc1[N+](=O)[O-]. The average Bonchev–Trinajstić information content (AvgIpc) is 2.16. The Morgan fingerprint density at radius 2 is 2.25 bits per heavy atom. The van der Waals surface area contributed by atoms with Crippen molar-refractivity contribution in [2.24, 2.45) is 11.7 Å². The number of rotatable bonds is 5. The minimum atomic E-state index is -0.412. The molecule has 0 amide bonds. The van der Waals surface area contributed by atoms with Crippen LogP contribution in [0, 0.1) is 16.0 Å². The van der Waals surface area contributed by atoms with E-state index in [1.54, 1.807) is 12.3 Å². The Balaban J connectivity index is 2.76. The van der Waals surface area contributed by atoms with Gasteiger partial charge < -0.3 is 5.73 Å². The molecular weight excluding hydrogens is 206 g/mol. The van der Waals surface area contributed by atoms with Crippen LogP contribution in [-0.4, -0.2) is 15.9 Å². The van der Waals surface area contributed by atoms with Gasteiger partial charge in [-0.1, -0.05) is 13.8 Å². The van der Waals surface area contributed by atoms with E-state index in [1.165, 1.54) is 6.07 Å². The number of nitrogens with two attached hydrogens (primary N) is 1. The van der Waals surface area contributed by atoms with Gasteiger partial charge in [0.1, 0.15) is 5.69 Å². The molecule has 1 rings (SSSR count). The third-order valence-corrected chi connectivity index (χ3v) is 2.29. The Kier molecular flexibility index (Phi) is 4.37. The van der Waals surface area contributed by atoms with Gasteiger partial charge in [0.15, 0.2) is 0 Å². The maximum Gasteiger partial charge on any atom is 0.290 e. The van der Waals surface area contributed by atoms with Crippen LogP contribution in [0.3, 0.4) is 0 Å². The predicted molar refractivity (Wildman–Crippen MR) is 62.0 cm³/mol. The molecule has 1 aromatic rings. The molecule has 0 saturated heterocycles. The van der Waals surface area contributed by atoms with Crippen LogP contribution in [0.25, 0.3) is 0 Å². The van der Waals surface area contributed by atoms with Crippen molar-refractivity contribution in [3.63, 3.8) is 0 Å². The summed E-state index contributed by atoms with van der Waals surface area (Å²) in [6, 6.07) is 2.95. The highest BCUT2D eigenvalue weighted by molar-refractivity contribution is 5.34. The van der Waals surface area contributed by atoms with Gasteiger partial charge in [-0.2, -0.15) is 0 Å². The molecule has 0 radical (unpaired) electrons. The van der Waals surface area contributed by atoms with Crippen LogP contribution in [0.5, 0.6) is 0 Å². The highest BCUT2D eigenvalue weighted by Crippen LogP contribution is 2.17. The van der Waals surface area contributed by atoms with Crippen LogP contribution in [0.15, 0.2) is 18.3 Å². The molecule has 1 aromatic heterocycles. The van der Waals surface area contributed by atoms with Crippen molar-refractivity contribution in [3.8, 4) is 0 Å². The zero-order valence-corrected chi connectivity index (χ0v) is 9.59.